The van der Waals surface area contributed by atoms with E-state index in [1.807, 2.05) is 6.07 Å². The first-order chi connectivity index (χ1) is 9.31. The van der Waals surface area contributed by atoms with Gasteiger partial charge in [0.2, 0.25) is 0 Å². The summed E-state index contributed by atoms with van der Waals surface area (Å²) in [6.45, 7) is 3.06. The van der Waals surface area contributed by atoms with E-state index in [2.05, 4.69) is 29.2 Å². The van der Waals surface area contributed by atoms with Crippen LogP contribution in [0.25, 0.3) is 0 Å². The van der Waals surface area contributed by atoms with Crippen molar-refractivity contribution in [2.75, 3.05) is 25.4 Å². The van der Waals surface area contributed by atoms with Gasteiger partial charge in [0.1, 0.15) is 0 Å². The third kappa shape index (κ3) is 3.51. The lowest BCUT2D eigenvalue weighted by Crippen LogP contribution is -2.38. The van der Waals surface area contributed by atoms with Gasteiger partial charge in [-0.05, 0) is 25.0 Å². The second-order valence-corrected chi connectivity index (χ2v) is 6.54. The van der Waals surface area contributed by atoms with Crippen LogP contribution in [0.2, 0.25) is 0 Å². The van der Waals surface area contributed by atoms with E-state index >= 15 is 0 Å². The van der Waals surface area contributed by atoms with Crippen molar-refractivity contribution in [1.29, 1.82) is 0 Å². The molecule has 4 heteroatoms. The minimum absolute atomic E-state index is 0.0326. The molecule has 0 spiro atoms. The van der Waals surface area contributed by atoms with Crippen molar-refractivity contribution in [3.63, 3.8) is 0 Å². The SMILES string of the molecule is [NH][C@H](CCN1C[C@H]2C[C@@H]1CO2)CSc1ccccc1. The molecule has 2 bridgehead atoms. The molecule has 2 fully saturated rings. The highest BCUT2D eigenvalue weighted by atomic mass is 32.2. The fraction of sp³-hybridized carbons (Fsp3) is 0.600. The zero-order chi connectivity index (χ0) is 13.1. The van der Waals surface area contributed by atoms with Crippen LogP contribution >= 0.6 is 11.8 Å². The van der Waals surface area contributed by atoms with E-state index in [1.54, 1.807) is 11.8 Å². The van der Waals surface area contributed by atoms with E-state index < -0.39 is 0 Å². The van der Waals surface area contributed by atoms with Crippen molar-refractivity contribution < 1.29 is 4.74 Å². The van der Waals surface area contributed by atoms with Gasteiger partial charge in [-0.1, -0.05) is 18.2 Å². The lowest BCUT2D eigenvalue weighted by atomic mass is 10.2. The number of ether oxygens (including phenoxy) is 1. The molecule has 1 radical (unpaired) electrons. The molecule has 3 rings (SSSR count). The summed E-state index contributed by atoms with van der Waals surface area (Å²) in [4.78, 5) is 3.79. The van der Waals surface area contributed by atoms with Crippen LogP contribution in [0.15, 0.2) is 35.2 Å². The molecule has 3 nitrogen and oxygen atoms in total. The summed E-state index contributed by atoms with van der Waals surface area (Å²) in [6.07, 6.45) is 2.66. The standard InChI is InChI=1S/C15H21N2OS/c16-12(11-19-15-4-2-1-3-5-15)6-7-17-9-14-8-13(17)10-18-14/h1-5,12-14,16H,6-11H2/t12-,13-,14-/m1/s1. The first-order valence-electron chi connectivity index (χ1n) is 7.06. The van der Waals surface area contributed by atoms with E-state index in [9.17, 15) is 0 Å². The van der Waals surface area contributed by atoms with Crippen molar-refractivity contribution in [3.8, 4) is 0 Å². The topological polar surface area (TPSA) is 36.3 Å². The van der Waals surface area contributed by atoms with Crippen LogP contribution in [0.5, 0.6) is 0 Å². The van der Waals surface area contributed by atoms with Gasteiger partial charge in [-0.15, -0.1) is 11.8 Å². The third-order valence-electron chi connectivity index (χ3n) is 3.97. The van der Waals surface area contributed by atoms with Crippen LogP contribution in [0, 0.1) is 0 Å². The molecule has 103 valence electrons. The quantitative estimate of drug-likeness (QED) is 0.749. The summed E-state index contributed by atoms with van der Waals surface area (Å²) in [5, 5.41) is 0. The highest BCUT2D eigenvalue weighted by Gasteiger charge is 2.38. The number of rotatable bonds is 6. The molecule has 1 N–H and O–H groups in total. The van der Waals surface area contributed by atoms with E-state index in [4.69, 9.17) is 10.5 Å². The summed E-state index contributed by atoms with van der Waals surface area (Å²) in [5.41, 5.74) is 8.14. The third-order valence-corrected chi connectivity index (χ3v) is 5.15. The van der Waals surface area contributed by atoms with Gasteiger partial charge in [0.25, 0.3) is 0 Å². The fourth-order valence-electron chi connectivity index (χ4n) is 2.87. The average Bonchev–Trinajstić information content (AvgIpc) is 3.06. The molecule has 0 amide bonds. The maximum atomic E-state index is 8.14. The Kier molecular flexibility index (Phi) is 4.43. The van der Waals surface area contributed by atoms with E-state index in [0.717, 1.165) is 31.9 Å². The molecule has 19 heavy (non-hydrogen) atoms. The smallest absolute Gasteiger partial charge is 0.0718 e. The van der Waals surface area contributed by atoms with Crippen LogP contribution in [0.1, 0.15) is 12.8 Å². The first kappa shape index (κ1) is 13.4. The van der Waals surface area contributed by atoms with Gasteiger partial charge in [0.15, 0.2) is 0 Å². The number of nitrogens with zero attached hydrogens (tertiary/aromatic N) is 1. The zero-order valence-corrected chi connectivity index (χ0v) is 11.9. The number of hydrogen-bond acceptors (Lipinski definition) is 3. The monoisotopic (exact) mass is 277 g/mol. The first-order valence-corrected chi connectivity index (χ1v) is 8.04. The van der Waals surface area contributed by atoms with E-state index in [0.29, 0.717) is 12.1 Å². The van der Waals surface area contributed by atoms with Crippen LogP contribution in [0.3, 0.4) is 0 Å². The molecular weight excluding hydrogens is 256 g/mol. The molecule has 2 heterocycles. The van der Waals surface area contributed by atoms with Crippen LogP contribution in [-0.2, 0) is 4.74 Å². The van der Waals surface area contributed by atoms with Crippen LogP contribution in [0.4, 0.5) is 0 Å². The predicted octanol–water partition coefficient (Wildman–Crippen LogP) is 2.29. The Morgan fingerprint density at radius 3 is 2.89 bits per heavy atom. The van der Waals surface area contributed by atoms with Crippen molar-refractivity contribution in [3.05, 3.63) is 30.3 Å². The highest BCUT2D eigenvalue weighted by molar-refractivity contribution is 7.99. The minimum atomic E-state index is 0.0326. The highest BCUT2D eigenvalue weighted by Crippen LogP contribution is 2.28. The van der Waals surface area contributed by atoms with Gasteiger partial charge in [-0.2, -0.15) is 0 Å². The molecule has 1 aromatic carbocycles. The lowest BCUT2D eigenvalue weighted by Gasteiger charge is -2.27. The Hall–Kier alpha value is -0.550. The van der Waals surface area contributed by atoms with Gasteiger partial charge in [0.05, 0.1) is 12.7 Å². The Labute approximate surface area is 119 Å². The lowest BCUT2D eigenvalue weighted by molar-refractivity contribution is 0.0297. The molecule has 3 atom stereocenters. The summed E-state index contributed by atoms with van der Waals surface area (Å²) >= 11 is 1.80. The number of hydrogen-bond donors (Lipinski definition) is 0. The van der Waals surface area contributed by atoms with Crippen molar-refractivity contribution in [2.45, 2.75) is 35.9 Å². The van der Waals surface area contributed by atoms with Gasteiger partial charge < -0.3 is 4.74 Å². The summed E-state index contributed by atoms with van der Waals surface area (Å²) in [7, 11) is 0. The fourth-order valence-corrected chi connectivity index (χ4v) is 3.78. The number of morpholine rings is 1. The molecule has 2 aliphatic heterocycles. The number of likely N-dealkylation sites (tertiary alicyclic amines) is 1. The van der Waals surface area contributed by atoms with Gasteiger partial charge in [-0.3, -0.25) is 10.6 Å². The van der Waals surface area contributed by atoms with Crippen LogP contribution in [-0.4, -0.2) is 48.5 Å². The molecule has 0 unspecified atom stereocenters. The van der Waals surface area contributed by atoms with Gasteiger partial charge >= 0.3 is 0 Å². The summed E-state index contributed by atoms with van der Waals surface area (Å²) < 4.78 is 5.60. The second kappa shape index (κ2) is 6.27. The normalized spacial score (nSPS) is 27.8. The molecule has 0 saturated carbocycles. The van der Waals surface area contributed by atoms with E-state index in [-0.39, 0.29) is 6.04 Å². The summed E-state index contributed by atoms with van der Waals surface area (Å²) in [6, 6.07) is 11.1. The average molecular weight is 277 g/mol. The van der Waals surface area contributed by atoms with Crippen molar-refractivity contribution in [1.82, 2.24) is 10.6 Å². The van der Waals surface area contributed by atoms with Gasteiger partial charge in [0, 0.05) is 35.8 Å². The van der Waals surface area contributed by atoms with Crippen LogP contribution < -0.4 is 5.73 Å². The Morgan fingerprint density at radius 1 is 1.37 bits per heavy atom. The largest absolute Gasteiger partial charge is 0.375 e. The Bertz CT molecular complexity index is 400. The number of benzene rings is 1. The van der Waals surface area contributed by atoms with Crippen molar-refractivity contribution in [2.24, 2.45) is 0 Å². The molecule has 1 aromatic rings. The number of fused-ring (bicyclic) bond motifs is 2. The molecule has 2 aliphatic rings. The molecule has 0 aliphatic carbocycles. The summed E-state index contributed by atoms with van der Waals surface area (Å²) in [5.74, 6) is 0.891. The van der Waals surface area contributed by atoms with E-state index in [1.165, 1.54) is 11.3 Å². The number of thioether (sulfide) groups is 1. The zero-order valence-electron chi connectivity index (χ0n) is 11.1. The predicted molar refractivity (Wildman–Crippen MR) is 78.4 cm³/mol. The molecule has 2 saturated heterocycles. The Balaban J connectivity index is 1.36. The Morgan fingerprint density at radius 2 is 2.21 bits per heavy atom. The second-order valence-electron chi connectivity index (χ2n) is 5.45. The molecular formula is C15H21N2OS. The minimum Gasteiger partial charge on any atom is -0.375 e. The van der Waals surface area contributed by atoms with Gasteiger partial charge in [-0.25, -0.2) is 0 Å². The molecule has 0 aromatic heterocycles. The van der Waals surface area contributed by atoms with Crippen molar-refractivity contribution >= 4 is 11.8 Å². The number of nitrogens with one attached hydrogen (secondary N) is 1. The maximum Gasteiger partial charge on any atom is 0.0718 e. The maximum absolute atomic E-state index is 8.14.